The van der Waals surface area contributed by atoms with E-state index in [4.69, 9.17) is 16.3 Å². The predicted molar refractivity (Wildman–Crippen MR) is 132 cm³/mol. The molecule has 0 aliphatic carbocycles. The molecule has 0 aliphatic heterocycles. The zero-order valence-electron chi connectivity index (χ0n) is 18.3. The Bertz CT molecular complexity index is 1260. The van der Waals surface area contributed by atoms with Crippen LogP contribution in [0.3, 0.4) is 0 Å². The Hall–Kier alpha value is -3.90. The summed E-state index contributed by atoms with van der Waals surface area (Å²) in [4.78, 5) is 17.6. The number of anilines is 1. The molecule has 4 rings (SSSR count). The summed E-state index contributed by atoms with van der Waals surface area (Å²) in [6.07, 6.45) is 3.21. The van der Waals surface area contributed by atoms with Crippen LogP contribution in [-0.2, 0) is 6.54 Å². The molecule has 0 saturated heterocycles. The smallest absolute Gasteiger partial charge is 0.274 e. The SMILES string of the molecule is COc1ccc(C=CC(=O)n2nc(-c3ccc(C)cc3)nc2NCc2ccc(Cl)cc2)cc1. The second-order valence-corrected chi connectivity index (χ2v) is 7.90. The Balaban J connectivity index is 1.60. The zero-order valence-corrected chi connectivity index (χ0v) is 19.1. The quantitative estimate of drug-likeness (QED) is 0.350. The number of nitrogens with one attached hydrogen (secondary N) is 1. The van der Waals surface area contributed by atoms with Crippen molar-refractivity contribution in [3.8, 4) is 17.1 Å². The molecule has 166 valence electrons. The van der Waals surface area contributed by atoms with Crippen molar-refractivity contribution in [2.24, 2.45) is 0 Å². The van der Waals surface area contributed by atoms with Gasteiger partial charge >= 0.3 is 0 Å². The van der Waals surface area contributed by atoms with E-state index in [1.54, 1.807) is 13.2 Å². The molecule has 4 aromatic rings. The van der Waals surface area contributed by atoms with Crippen molar-refractivity contribution in [1.29, 1.82) is 0 Å². The second-order valence-electron chi connectivity index (χ2n) is 7.46. The van der Waals surface area contributed by atoms with Crippen molar-refractivity contribution in [3.05, 3.63) is 101 Å². The molecule has 6 nitrogen and oxygen atoms in total. The highest BCUT2D eigenvalue weighted by atomic mass is 35.5. The average Bonchev–Trinajstić information content (AvgIpc) is 3.27. The highest BCUT2D eigenvalue weighted by Gasteiger charge is 2.15. The molecule has 0 amide bonds. The summed E-state index contributed by atoms with van der Waals surface area (Å²) in [6.45, 7) is 2.49. The molecule has 0 saturated carbocycles. The normalized spacial score (nSPS) is 11.0. The van der Waals surface area contributed by atoms with E-state index in [9.17, 15) is 4.79 Å². The third-order valence-corrected chi connectivity index (χ3v) is 5.28. The first-order valence-electron chi connectivity index (χ1n) is 10.4. The molecule has 0 bridgehead atoms. The first-order chi connectivity index (χ1) is 16.0. The zero-order chi connectivity index (χ0) is 23.2. The minimum absolute atomic E-state index is 0.310. The van der Waals surface area contributed by atoms with E-state index in [0.29, 0.717) is 23.3 Å². The van der Waals surface area contributed by atoms with Crippen molar-refractivity contribution in [3.63, 3.8) is 0 Å². The van der Waals surface area contributed by atoms with E-state index < -0.39 is 0 Å². The minimum atomic E-state index is -0.310. The van der Waals surface area contributed by atoms with Crippen LogP contribution in [0.25, 0.3) is 17.5 Å². The molecule has 1 aromatic heterocycles. The lowest BCUT2D eigenvalue weighted by atomic mass is 10.1. The first-order valence-corrected chi connectivity index (χ1v) is 10.8. The monoisotopic (exact) mass is 458 g/mol. The number of hydrogen-bond acceptors (Lipinski definition) is 5. The molecule has 0 radical (unpaired) electrons. The van der Waals surface area contributed by atoms with E-state index in [-0.39, 0.29) is 5.91 Å². The Morgan fingerprint density at radius 3 is 2.39 bits per heavy atom. The first kappa shape index (κ1) is 22.3. The maximum Gasteiger partial charge on any atom is 0.274 e. The van der Waals surface area contributed by atoms with E-state index >= 15 is 0 Å². The summed E-state index contributed by atoms with van der Waals surface area (Å²) in [7, 11) is 1.61. The van der Waals surface area contributed by atoms with Crippen LogP contribution < -0.4 is 10.1 Å². The number of carbonyl (C=O) groups excluding carboxylic acids is 1. The van der Waals surface area contributed by atoms with Gasteiger partial charge in [0.2, 0.25) is 5.95 Å². The van der Waals surface area contributed by atoms with Gasteiger partial charge in [0.15, 0.2) is 5.82 Å². The summed E-state index contributed by atoms with van der Waals surface area (Å²) in [5.41, 5.74) is 3.85. The number of ether oxygens (including phenoxy) is 1. The number of carbonyl (C=O) groups is 1. The van der Waals surface area contributed by atoms with Crippen LogP contribution in [0.5, 0.6) is 5.75 Å². The van der Waals surface area contributed by atoms with Gasteiger partial charge in [0.05, 0.1) is 7.11 Å². The lowest BCUT2D eigenvalue weighted by molar-refractivity contribution is 0.0957. The van der Waals surface area contributed by atoms with Gasteiger partial charge in [-0.3, -0.25) is 4.79 Å². The summed E-state index contributed by atoms with van der Waals surface area (Å²) in [5.74, 6) is 1.28. The molecule has 33 heavy (non-hydrogen) atoms. The van der Waals surface area contributed by atoms with E-state index in [2.05, 4.69) is 15.4 Å². The molecule has 0 aliphatic rings. The maximum atomic E-state index is 13.0. The van der Waals surface area contributed by atoms with Crippen LogP contribution in [0.2, 0.25) is 5.02 Å². The number of aryl methyl sites for hydroxylation is 1. The van der Waals surface area contributed by atoms with Crippen LogP contribution in [0.4, 0.5) is 5.95 Å². The molecule has 0 fully saturated rings. The van der Waals surface area contributed by atoms with Crippen LogP contribution >= 0.6 is 11.6 Å². The van der Waals surface area contributed by atoms with E-state index in [1.165, 1.54) is 10.8 Å². The number of halogens is 1. The summed E-state index contributed by atoms with van der Waals surface area (Å²) in [6, 6.07) is 22.8. The molecule has 0 atom stereocenters. The maximum absolute atomic E-state index is 13.0. The molecule has 0 unspecified atom stereocenters. The fourth-order valence-electron chi connectivity index (χ4n) is 3.14. The largest absolute Gasteiger partial charge is 0.497 e. The van der Waals surface area contributed by atoms with Gasteiger partial charge < -0.3 is 10.1 Å². The van der Waals surface area contributed by atoms with Gasteiger partial charge in [0.1, 0.15) is 5.75 Å². The number of methoxy groups -OCH3 is 1. The van der Waals surface area contributed by atoms with Gasteiger partial charge in [-0.15, -0.1) is 5.10 Å². The van der Waals surface area contributed by atoms with E-state index in [1.807, 2.05) is 79.7 Å². The second kappa shape index (κ2) is 10.1. The fourth-order valence-corrected chi connectivity index (χ4v) is 3.27. The van der Waals surface area contributed by atoms with E-state index in [0.717, 1.165) is 28.0 Å². The molecule has 1 N–H and O–H groups in total. The Morgan fingerprint density at radius 1 is 1.03 bits per heavy atom. The Morgan fingerprint density at radius 2 is 1.73 bits per heavy atom. The number of nitrogens with zero attached hydrogens (tertiary/aromatic N) is 3. The van der Waals surface area contributed by atoms with Crippen molar-refractivity contribution in [2.75, 3.05) is 12.4 Å². The van der Waals surface area contributed by atoms with Gasteiger partial charge in [-0.05, 0) is 48.4 Å². The highest BCUT2D eigenvalue weighted by Crippen LogP contribution is 2.20. The van der Waals surface area contributed by atoms with Crippen LogP contribution in [0.15, 0.2) is 78.9 Å². The van der Waals surface area contributed by atoms with Gasteiger partial charge in [-0.25, -0.2) is 0 Å². The molecule has 1 heterocycles. The summed E-state index contributed by atoms with van der Waals surface area (Å²) >= 11 is 5.97. The van der Waals surface area contributed by atoms with Crippen LogP contribution in [0.1, 0.15) is 21.5 Å². The fraction of sp³-hybridized carbons (Fsp3) is 0.115. The molecule has 0 spiro atoms. The number of benzene rings is 3. The number of hydrogen-bond donors (Lipinski definition) is 1. The molecule has 7 heteroatoms. The van der Waals surface area contributed by atoms with Gasteiger partial charge in [0.25, 0.3) is 5.91 Å². The third kappa shape index (κ3) is 5.67. The molecular weight excluding hydrogens is 436 g/mol. The number of rotatable bonds is 7. The predicted octanol–water partition coefficient (Wildman–Crippen LogP) is 5.88. The lowest BCUT2D eigenvalue weighted by Crippen LogP contribution is -2.14. The summed E-state index contributed by atoms with van der Waals surface area (Å²) in [5, 5.41) is 8.37. The Kier molecular flexibility index (Phi) is 6.86. The average molecular weight is 459 g/mol. The van der Waals surface area contributed by atoms with Gasteiger partial charge in [0, 0.05) is 23.2 Å². The lowest BCUT2D eigenvalue weighted by Gasteiger charge is -2.06. The summed E-state index contributed by atoms with van der Waals surface area (Å²) < 4.78 is 6.46. The highest BCUT2D eigenvalue weighted by molar-refractivity contribution is 6.30. The Labute approximate surface area is 197 Å². The minimum Gasteiger partial charge on any atom is -0.497 e. The molecule has 3 aromatic carbocycles. The molecular formula is C26H23ClN4O2. The van der Waals surface area contributed by atoms with Crippen molar-refractivity contribution in [1.82, 2.24) is 14.8 Å². The van der Waals surface area contributed by atoms with Gasteiger partial charge in [-0.1, -0.05) is 65.7 Å². The number of allylic oxidation sites excluding steroid dienone is 1. The van der Waals surface area contributed by atoms with Crippen LogP contribution in [-0.4, -0.2) is 27.8 Å². The topological polar surface area (TPSA) is 69.0 Å². The van der Waals surface area contributed by atoms with Crippen molar-refractivity contribution >= 4 is 29.5 Å². The third-order valence-electron chi connectivity index (χ3n) is 5.02. The number of aromatic nitrogens is 3. The van der Waals surface area contributed by atoms with Crippen molar-refractivity contribution < 1.29 is 9.53 Å². The van der Waals surface area contributed by atoms with Crippen molar-refractivity contribution in [2.45, 2.75) is 13.5 Å². The van der Waals surface area contributed by atoms with Crippen LogP contribution in [0, 0.1) is 6.92 Å². The van der Waals surface area contributed by atoms with Gasteiger partial charge in [-0.2, -0.15) is 9.67 Å². The standard InChI is InChI=1S/C26H23ClN4O2/c1-18-3-10-21(11-4-18)25-29-26(28-17-20-5-12-22(27)13-6-20)31(30-25)24(32)16-9-19-7-14-23(33-2)15-8-19/h3-16H,17H2,1-2H3,(H,28,29,30).